The van der Waals surface area contributed by atoms with Crippen molar-refractivity contribution in [2.45, 2.75) is 33.8 Å². The van der Waals surface area contributed by atoms with Crippen molar-refractivity contribution in [3.05, 3.63) is 0 Å². The van der Waals surface area contributed by atoms with Gasteiger partial charge >= 0.3 is 7.68 Å². The van der Waals surface area contributed by atoms with Gasteiger partial charge in [-0.15, -0.1) is 0 Å². The van der Waals surface area contributed by atoms with E-state index in [0.717, 1.165) is 6.66 Å². The lowest BCUT2D eigenvalue weighted by Gasteiger charge is -2.27. The monoisotopic (exact) mass is 228 g/mol. The maximum atomic E-state index is 12.5. The molecule has 0 saturated carbocycles. The molecule has 2 atom stereocenters. The van der Waals surface area contributed by atoms with Crippen LogP contribution >= 0.6 is 7.68 Å². The van der Waals surface area contributed by atoms with Gasteiger partial charge in [-0.1, -0.05) is 20.8 Å². The molecular weight excluding hydrogens is 210 g/mol. The van der Waals surface area contributed by atoms with Gasteiger partial charge in [0, 0.05) is 6.66 Å². The van der Waals surface area contributed by atoms with Crippen LogP contribution in [0.25, 0.3) is 0 Å². The molecule has 0 heterocycles. The Hall–Kier alpha value is -0.410. The van der Waals surface area contributed by atoms with Gasteiger partial charge in [-0.05, 0) is 12.3 Å². The third-order valence-corrected chi connectivity index (χ3v) is 2.26. The molecule has 0 aromatic rings. The van der Waals surface area contributed by atoms with Crippen molar-refractivity contribution in [2.24, 2.45) is 5.41 Å². The number of carbonyl (C=O) groups is 1. The molecule has 0 rings (SSSR count). The summed E-state index contributed by atoms with van der Waals surface area (Å²) in [6, 6.07) is 0. The summed E-state index contributed by atoms with van der Waals surface area (Å²) < 4.78 is 27.8. The Morgan fingerprint density at radius 1 is 1.50 bits per heavy atom. The third kappa shape index (κ3) is 11.6. The minimum absolute atomic E-state index is 0.169. The topological polar surface area (TPSA) is 63.6 Å². The van der Waals surface area contributed by atoms with E-state index < -0.39 is 7.68 Å². The van der Waals surface area contributed by atoms with Gasteiger partial charge in [-0.2, -0.15) is 4.20 Å². The number of rotatable bonds is 2. The second kappa shape index (κ2) is 6.14. The van der Waals surface area contributed by atoms with E-state index in [4.69, 9.17) is 14.4 Å². The van der Waals surface area contributed by atoms with Crippen LogP contribution in [0.1, 0.15) is 27.7 Å². The summed E-state index contributed by atoms with van der Waals surface area (Å²) in [5.41, 5.74) is -0.169. The summed E-state index contributed by atoms with van der Waals surface area (Å²) in [6.07, 6.45) is -0.330. The molecule has 0 aliphatic rings. The number of hydrogen-bond donors (Lipinski definition) is 1. The van der Waals surface area contributed by atoms with Crippen molar-refractivity contribution in [1.29, 1.82) is 0 Å². The van der Waals surface area contributed by atoms with E-state index in [1.54, 1.807) is 6.92 Å². The fourth-order valence-corrected chi connectivity index (χ4v) is 1.32. The summed E-state index contributed by atoms with van der Waals surface area (Å²) in [7, 11) is -3.82. The van der Waals surface area contributed by atoms with Gasteiger partial charge in [0.15, 0.2) is 0 Å². The molecule has 6 heteroatoms. The molecule has 0 bridgehead atoms. The third-order valence-electron chi connectivity index (χ3n) is 1.57. The minimum Gasteiger partial charge on any atom is -0.483 e. The number of halogens is 1. The zero-order valence-electron chi connectivity index (χ0n) is 9.15. The number of carboxylic acid groups (broad SMARTS) is 1. The van der Waals surface area contributed by atoms with E-state index in [-0.39, 0.29) is 18.0 Å². The fourth-order valence-electron chi connectivity index (χ4n) is 0.441. The molecular formula is C8H18FO4P. The molecule has 0 fully saturated rings. The molecule has 14 heavy (non-hydrogen) atoms. The number of hydrogen-bond acceptors (Lipinski definition) is 3. The molecule has 0 radical (unpaired) electrons. The van der Waals surface area contributed by atoms with Crippen molar-refractivity contribution >= 4 is 14.2 Å². The van der Waals surface area contributed by atoms with Crippen molar-refractivity contribution < 1.29 is 23.2 Å². The van der Waals surface area contributed by atoms with Crippen LogP contribution in [0.5, 0.6) is 0 Å². The van der Waals surface area contributed by atoms with Gasteiger partial charge in [0.05, 0.1) is 6.10 Å². The molecule has 0 aliphatic carbocycles. The maximum Gasteiger partial charge on any atom is 0.364 e. The van der Waals surface area contributed by atoms with E-state index in [2.05, 4.69) is 0 Å². The van der Waals surface area contributed by atoms with E-state index in [9.17, 15) is 8.76 Å². The Kier molecular flexibility index (Phi) is 7.04. The molecule has 1 N–H and O–H groups in total. The summed E-state index contributed by atoms with van der Waals surface area (Å²) in [4.78, 5) is 8.36. The Labute approximate surface area is 84.0 Å². The molecule has 0 aromatic carbocycles. The normalized spacial score (nSPS) is 17.3. The van der Waals surface area contributed by atoms with Crippen molar-refractivity contribution in [1.82, 2.24) is 0 Å². The van der Waals surface area contributed by atoms with Gasteiger partial charge < -0.3 is 9.63 Å². The molecule has 86 valence electrons. The first-order valence-corrected chi connectivity index (χ1v) is 6.04. The molecule has 0 spiro atoms. The van der Waals surface area contributed by atoms with Gasteiger partial charge in [-0.3, -0.25) is 9.36 Å². The first kappa shape index (κ1) is 16.0. The largest absolute Gasteiger partial charge is 0.483 e. The lowest BCUT2D eigenvalue weighted by molar-refractivity contribution is -0.122. The van der Waals surface area contributed by atoms with Crippen LogP contribution in [0.2, 0.25) is 0 Å². The van der Waals surface area contributed by atoms with Crippen LogP contribution < -0.4 is 0 Å². The fraction of sp³-hybridized carbons (Fsp3) is 0.875. The molecule has 0 aliphatic heterocycles. The standard InChI is InChI=1S/C7H16FO2P.CH2O2/c1-6(7(2,3)4)10-11(5,8)9;2-1-3/h6H,1-5H3;1H,(H,2,3). The van der Waals surface area contributed by atoms with E-state index >= 15 is 0 Å². The van der Waals surface area contributed by atoms with Crippen LogP contribution in [0, 0.1) is 5.41 Å². The van der Waals surface area contributed by atoms with Crippen molar-refractivity contribution in [3.63, 3.8) is 0 Å². The Balaban J connectivity index is 0. The Morgan fingerprint density at radius 2 is 1.79 bits per heavy atom. The van der Waals surface area contributed by atoms with Gasteiger partial charge in [-0.25, -0.2) is 0 Å². The van der Waals surface area contributed by atoms with Gasteiger partial charge in [0.25, 0.3) is 6.47 Å². The Bertz CT molecular complexity index is 206. The highest BCUT2D eigenvalue weighted by molar-refractivity contribution is 7.52. The van der Waals surface area contributed by atoms with E-state index in [0.29, 0.717) is 0 Å². The van der Waals surface area contributed by atoms with E-state index in [1.165, 1.54) is 0 Å². The highest BCUT2D eigenvalue weighted by atomic mass is 31.2. The second-order valence-electron chi connectivity index (χ2n) is 3.97. The molecule has 0 saturated heterocycles. The van der Waals surface area contributed by atoms with Crippen molar-refractivity contribution in [2.75, 3.05) is 6.66 Å². The van der Waals surface area contributed by atoms with Crippen LogP contribution in [0.15, 0.2) is 0 Å². The van der Waals surface area contributed by atoms with Crippen LogP contribution in [-0.4, -0.2) is 24.3 Å². The summed E-state index contributed by atoms with van der Waals surface area (Å²) in [5, 5.41) is 6.89. The zero-order chi connectivity index (χ0) is 12.0. The first-order valence-electron chi connectivity index (χ1n) is 4.08. The second-order valence-corrected chi connectivity index (χ2v) is 5.67. The highest BCUT2D eigenvalue weighted by Crippen LogP contribution is 2.47. The van der Waals surface area contributed by atoms with E-state index in [1.807, 2.05) is 20.8 Å². The first-order chi connectivity index (χ1) is 6.04. The minimum atomic E-state index is -3.82. The van der Waals surface area contributed by atoms with Crippen LogP contribution in [0.4, 0.5) is 4.20 Å². The lowest BCUT2D eigenvalue weighted by Crippen LogP contribution is -2.24. The molecule has 0 amide bonds. The van der Waals surface area contributed by atoms with Crippen LogP contribution in [-0.2, 0) is 13.9 Å². The summed E-state index contributed by atoms with van der Waals surface area (Å²) in [6.45, 7) is 8.18. The maximum absolute atomic E-state index is 12.5. The van der Waals surface area contributed by atoms with Crippen LogP contribution in [0.3, 0.4) is 0 Å². The smallest absolute Gasteiger partial charge is 0.364 e. The average Bonchev–Trinajstić information content (AvgIpc) is 1.82. The van der Waals surface area contributed by atoms with Gasteiger partial charge in [0.1, 0.15) is 0 Å². The molecule has 4 nitrogen and oxygen atoms in total. The predicted molar refractivity (Wildman–Crippen MR) is 53.3 cm³/mol. The van der Waals surface area contributed by atoms with Crippen molar-refractivity contribution in [3.8, 4) is 0 Å². The Morgan fingerprint density at radius 3 is 1.86 bits per heavy atom. The SMILES string of the molecule is CC(OP(C)(=O)F)C(C)(C)C.O=CO. The summed E-state index contributed by atoms with van der Waals surface area (Å²) >= 11 is 0. The predicted octanol–water partition coefficient (Wildman–Crippen LogP) is 2.93. The molecule has 2 unspecified atom stereocenters. The summed E-state index contributed by atoms with van der Waals surface area (Å²) in [5.74, 6) is 0. The lowest BCUT2D eigenvalue weighted by atomic mass is 9.91. The quantitative estimate of drug-likeness (QED) is 0.583. The average molecular weight is 228 g/mol. The zero-order valence-corrected chi connectivity index (χ0v) is 10.0. The van der Waals surface area contributed by atoms with Gasteiger partial charge in [0.2, 0.25) is 0 Å². The highest BCUT2D eigenvalue weighted by Gasteiger charge is 2.27. The molecule has 0 aromatic heterocycles.